The van der Waals surface area contributed by atoms with Crippen LogP contribution in [0, 0.1) is 0 Å². The molecule has 0 atom stereocenters. The maximum atomic E-state index is 8.82. The number of hydrogen-bond donors (Lipinski definition) is 2. The first-order valence-electron chi connectivity index (χ1n) is 8.14. The fourth-order valence-electron chi connectivity index (χ4n) is 2.55. The van der Waals surface area contributed by atoms with Gasteiger partial charge in [-0.25, -0.2) is 9.97 Å². The van der Waals surface area contributed by atoms with E-state index in [9.17, 15) is 0 Å². The summed E-state index contributed by atoms with van der Waals surface area (Å²) in [7, 11) is 1.60. The second-order valence-corrected chi connectivity index (χ2v) is 6.07. The molecular weight excluding hydrogens is 352 g/mol. The van der Waals surface area contributed by atoms with Gasteiger partial charge in [0.25, 0.3) is 0 Å². The van der Waals surface area contributed by atoms with Crippen molar-refractivity contribution in [1.82, 2.24) is 15.0 Å². The van der Waals surface area contributed by atoms with E-state index in [4.69, 9.17) is 21.4 Å². The first kappa shape index (κ1) is 18.1. The highest BCUT2D eigenvalue weighted by Gasteiger charge is 2.10. The average molecular weight is 371 g/mol. The number of halogens is 1. The van der Waals surface area contributed by atoms with Crippen LogP contribution in [0.4, 0.5) is 5.82 Å². The van der Waals surface area contributed by atoms with Gasteiger partial charge in [0.05, 0.1) is 31.8 Å². The summed E-state index contributed by atoms with van der Waals surface area (Å²) in [5.41, 5.74) is 3.63. The summed E-state index contributed by atoms with van der Waals surface area (Å²) in [6.07, 6.45) is 5.73. The molecule has 0 aliphatic heterocycles. The van der Waals surface area contributed by atoms with Gasteiger partial charge in [-0.3, -0.25) is 4.98 Å². The van der Waals surface area contributed by atoms with Crippen molar-refractivity contribution >= 4 is 17.4 Å². The lowest BCUT2D eigenvalue weighted by atomic mass is 10.0. The van der Waals surface area contributed by atoms with Crippen LogP contribution < -0.4 is 10.1 Å². The molecule has 3 rings (SSSR count). The predicted molar refractivity (Wildman–Crippen MR) is 102 cm³/mol. The molecule has 0 radical (unpaired) electrons. The largest absolute Gasteiger partial charge is 0.481 e. The summed E-state index contributed by atoms with van der Waals surface area (Å²) in [5, 5.41) is 12.5. The Balaban J connectivity index is 1.83. The molecule has 134 valence electrons. The Morgan fingerprint density at radius 3 is 2.69 bits per heavy atom. The fourth-order valence-corrected chi connectivity index (χ4v) is 2.74. The molecule has 2 heterocycles. The zero-order valence-electron chi connectivity index (χ0n) is 14.3. The third-order valence-corrected chi connectivity index (χ3v) is 3.98. The van der Waals surface area contributed by atoms with Crippen molar-refractivity contribution in [3.05, 3.63) is 65.2 Å². The minimum atomic E-state index is 0.0488. The molecule has 0 aliphatic carbocycles. The lowest BCUT2D eigenvalue weighted by Crippen LogP contribution is -2.07. The molecule has 3 aromatic rings. The summed E-state index contributed by atoms with van der Waals surface area (Å²) in [4.78, 5) is 13.1. The molecule has 0 amide bonds. The predicted octanol–water partition coefficient (Wildman–Crippen LogP) is 3.20. The third kappa shape index (κ3) is 4.47. The van der Waals surface area contributed by atoms with Gasteiger partial charge in [-0.05, 0) is 29.3 Å². The molecule has 7 heteroatoms. The van der Waals surface area contributed by atoms with Crippen LogP contribution in [0.25, 0.3) is 11.1 Å². The van der Waals surface area contributed by atoms with Crippen LogP contribution in [-0.2, 0) is 6.42 Å². The minimum Gasteiger partial charge on any atom is -0.481 e. The summed E-state index contributed by atoms with van der Waals surface area (Å²) in [6, 6.07) is 9.60. The van der Waals surface area contributed by atoms with Gasteiger partial charge in [0.2, 0.25) is 5.88 Å². The number of anilines is 1. The molecule has 0 unspecified atom stereocenters. The lowest BCUT2D eigenvalue weighted by molar-refractivity contribution is 0.311. The summed E-state index contributed by atoms with van der Waals surface area (Å²) in [5.74, 6) is 1.18. The standard InChI is InChI=1S/C19H19ClN4O2/c1-26-19-17(14-3-2-4-15(20)9-14)8-13(10-24-19)7-16-11-23-18(12-22-16)21-5-6-25/h2-4,8-12,25H,5-7H2,1H3,(H,21,23). The van der Waals surface area contributed by atoms with E-state index in [1.165, 1.54) is 0 Å². The highest BCUT2D eigenvalue weighted by atomic mass is 35.5. The average Bonchev–Trinajstić information content (AvgIpc) is 2.67. The zero-order chi connectivity index (χ0) is 18.4. The van der Waals surface area contributed by atoms with E-state index in [-0.39, 0.29) is 6.61 Å². The number of pyridine rings is 1. The van der Waals surface area contributed by atoms with Crippen LogP contribution >= 0.6 is 11.6 Å². The van der Waals surface area contributed by atoms with Gasteiger partial charge in [0.15, 0.2) is 0 Å². The van der Waals surface area contributed by atoms with Gasteiger partial charge in [0.1, 0.15) is 5.82 Å². The molecule has 6 nitrogen and oxygen atoms in total. The number of benzene rings is 1. The molecule has 0 fully saturated rings. The van der Waals surface area contributed by atoms with Crippen LogP contribution in [0.15, 0.2) is 48.9 Å². The Hall–Kier alpha value is -2.70. The Morgan fingerprint density at radius 1 is 1.12 bits per heavy atom. The molecule has 0 saturated heterocycles. The number of rotatable bonds is 7. The van der Waals surface area contributed by atoms with Crippen molar-refractivity contribution in [3.8, 4) is 17.0 Å². The Morgan fingerprint density at radius 2 is 2.00 bits per heavy atom. The van der Waals surface area contributed by atoms with Gasteiger partial charge in [-0.15, -0.1) is 0 Å². The van der Waals surface area contributed by atoms with Crippen LogP contribution in [0.2, 0.25) is 5.02 Å². The van der Waals surface area contributed by atoms with Crippen molar-refractivity contribution in [2.24, 2.45) is 0 Å². The second kappa shape index (κ2) is 8.60. The number of aliphatic hydroxyl groups is 1. The second-order valence-electron chi connectivity index (χ2n) is 5.63. The van der Waals surface area contributed by atoms with E-state index < -0.39 is 0 Å². The number of aromatic nitrogens is 3. The molecule has 0 saturated carbocycles. The van der Waals surface area contributed by atoms with Crippen LogP contribution in [0.5, 0.6) is 5.88 Å². The Labute approximate surface area is 156 Å². The van der Waals surface area contributed by atoms with Crippen molar-refractivity contribution in [2.45, 2.75) is 6.42 Å². The molecule has 0 bridgehead atoms. The van der Waals surface area contributed by atoms with E-state index in [1.807, 2.05) is 30.3 Å². The summed E-state index contributed by atoms with van der Waals surface area (Å²) < 4.78 is 5.39. The SMILES string of the molecule is COc1ncc(Cc2cnc(NCCO)cn2)cc1-c1cccc(Cl)c1. The number of ether oxygens (including phenoxy) is 1. The first-order valence-corrected chi connectivity index (χ1v) is 8.52. The first-order chi connectivity index (χ1) is 12.7. The third-order valence-electron chi connectivity index (χ3n) is 3.75. The maximum absolute atomic E-state index is 8.82. The van der Waals surface area contributed by atoms with Gasteiger partial charge in [0, 0.05) is 29.7 Å². The minimum absolute atomic E-state index is 0.0488. The van der Waals surface area contributed by atoms with Crippen molar-refractivity contribution in [1.29, 1.82) is 0 Å². The van der Waals surface area contributed by atoms with E-state index in [2.05, 4.69) is 20.3 Å². The molecule has 0 aliphatic rings. The number of aliphatic hydroxyl groups excluding tert-OH is 1. The molecule has 2 aromatic heterocycles. The van der Waals surface area contributed by atoms with E-state index in [0.29, 0.717) is 29.7 Å². The molecule has 1 aromatic carbocycles. The molecular formula is C19H19ClN4O2. The van der Waals surface area contributed by atoms with Crippen molar-refractivity contribution in [2.75, 3.05) is 25.6 Å². The smallest absolute Gasteiger partial charge is 0.221 e. The molecule has 2 N–H and O–H groups in total. The number of nitrogens with one attached hydrogen (secondary N) is 1. The summed E-state index contributed by atoms with van der Waals surface area (Å²) >= 11 is 6.11. The van der Waals surface area contributed by atoms with E-state index >= 15 is 0 Å². The molecule has 26 heavy (non-hydrogen) atoms. The quantitative estimate of drug-likeness (QED) is 0.664. The van der Waals surface area contributed by atoms with Gasteiger partial charge in [-0.2, -0.15) is 0 Å². The molecule has 0 spiro atoms. The van der Waals surface area contributed by atoms with E-state index in [1.54, 1.807) is 25.7 Å². The number of hydrogen-bond acceptors (Lipinski definition) is 6. The van der Waals surface area contributed by atoms with Gasteiger partial charge in [-0.1, -0.05) is 23.7 Å². The summed E-state index contributed by atoms with van der Waals surface area (Å²) in [6.45, 7) is 0.493. The van der Waals surface area contributed by atoms with Crippen LogP contribution in [-0.4, -0.2) is 40.3 Å². The monoisotopic (exact) mass is 370 g/mol. The van der Waals surface area contributed by atoms with Gasteiger partial charge < -0.3 is 15.2 Å². The highest BCUT2D eigenvalue weighted by Crippen LogP contribution is 2.30. The maximum Gasteiger partial charge on any atom is 0.221 e. The Bertz CT molecular complexity index is 872. The van der Waals surface area contributed by atoms with Crippen molar-refractivity contribution < 1.29 is 9.84 Å². The van der Waals surface area contributed by atoms with Crippen LogP contribution in [0.3, 0.4) is 0 Å². The normalized spacial score (nSPS) is 10.6. The van der Waals surface area contributed by atoms with Crippen LogP contribution in [0.1, 0.15) is 11.3 Å². The number of methoxy groups -OCH3 is 1. The topological polar surface area (TPSA) is 80.2 Å². The van der Waals surface area contributed by atoms with Crippen molar-refractivity contribution in [3.63, 3.8) is 0 Å². The Kier molecular flexibility index (Phi) is 5.99. The van der Waals surface area contributed by atoms with Gasteiger partial charge >= 0.3 is 0 Å². The fraction of sp³-hybridized carbons (Fsp3) is 0.211. The highest BCUT2D eigenvalue weighted by molar-refractivity contribution is 6.30. The number of nitrogens with zero attached hydrogens (tertiary/aromatic N) is 3. The zero-order valence-corrected chi connectivity index (χ0v) is 15.1. The lowest BCUT2D eigenvalue weighted by Gasteiger charge is -2.10. The van der Waals surface area contributed by atoms with E-state index in [0.717, 1.165) is 22.4 Å².